The maximum atomic E-state index is 13.1. The molecule has 1 heterocycles. The molecule has 0 radical (unpaired) electrons. The number of aliphatic imine (C=N–C) groups is 1. The number of para-hydroxylation sites is 2. The number of hydrogen-bond acceptors (Lipinski definition) is 4. The van der Waals surface area contributed by atoms with Crippen molar-refractivity contribution >= 4 is 23.5 Å². The second-order valence-electron chi connectivity index (χ2n) is 8.60. The molecule has 7 heteroatoms. The van der Waals surface area contributed by atoms with Crippen molar-refractivity contribution < 1.29 is 14.3 Å². The predicted molar refractivity (Wildman–Crippen MR) is 143 cm³/mol. The summed E-state index contributed by atoms with van der Waals surface area (Å²) in [5.74, 6) is 1.02. The number of hydrogen-bond donors (Lipinski definition) is 1. The summed E-state index contributed by atoms with van der Waals surface area (Å²) in [5.41, 5.74) is 1.25. The van der Waals surface area contributed by atoms with Crippen molar-refractivity contribution in [2.45, 2.75) is 18.3 Å². The third-order valence-electron chi connectivity index (χ3n) is 6.48. The number of nitrogens with zero attached hydrogens (tertiary/aromatic N) is 2. The van der Waals surface area contributed by atoms with Gasteiger partial charge in [0.2, 0.25) is 0 Å². The highest BCUT2D eigenvalue weighted by atomic mass is 35.5. The predicted octanol–water partition coefficient (Wildman–Crippen LogP) is 5.14. The highest BCUT2D eigenvalue weighted by molar-refractivity contribution is 6.30. The molecule has 0 atom stereocenters. The van der Waals surface area contributed by atoms with E-state index in [0.29, 0.717) is 47.7 Å². The van der Waals surface area contributed by atoms with E-state index in [1.807, 2.05) is 65.6 Å². The minimum atomic E-state index is -0.326. The first-order chi connectivity index (χ1) is 17.5. The van der Waals surface area contributed by atoms with Crippen LogP contribution in [-0.4, -0.2) is 43.6 Å². The van der Waals surface area contributed by atoms with Crippen LogP contribution in [0.3, 0.4) is 0 Å². The monoisotopic (exact) mass is 501 g/mol. The summed E-state index contributed by atoms with van der Waals surface area (Å²) in [6.07, 6.45) is 6.97. The summed E-state index contributed by atoms with van der Waals surface area (Å²) in [4.78, 5) is 19.3. The number of piperidine rings is 1. The number of carbonyl (C=O) groups excluding carboxylic acids is 1. The molecule has 0 bridgehead atoms. The molecule has 6 nitrogen and oxygen atoms in total. The number of ether oxygens (including phenoxy) is 2. The van der Waals surface area contributed by atoms with Crippen LogP contribution in [0.2, 0.25) is 5.02 Å². The van der Waals surface area contributed by atoms with E-state index < -0.39 is 0 Å². The van der Waals surface area contributed by atoms with E-state index in [9.17, 15) is 4.79 Å². The van der Waals surface area contributed by atoms with E-state index in [1.165, 1.54) is 0 Å². The topological polar surface area (TPSA) is 63.2 Å². The molecule has 1 N–H and O–H groups in total. The molecule has 0 aromatic heterocycles. The Morgan fingerprint density at radius 3 is 2.50 bits per heavy atom. The van der Waals surface area contributed by atoms with Crippen molar-refractivity contribution in [3.8, 4) is 24.0 Å². The first kappa shape index (κ1) is 25.2. The summed E-state index contributed by atoms with van der Waals surface area (Å²) in [5, 5.41) is 3.80. The fraction of sp³-hybridized carbons (Fsp3) is 0.241. The highest BCUT2D eigenvalue weighted by Crippen LogP contribution is 2.36. The molecule has 0 aliphatic carbocycles. The molecular weight excluding hydrogens is 474 g/mol. The number of nitrogens with one attached hydrogen (secondary N) is 1. The first-order valence-electron chi connectivity index (χ1n) is 11.7. The fourth-order valence-corrected chi connectivity index (χ4v) is 4.69. The zero-order valence-corrected chi connectivity index (χ0v) is 20.9. The zero-order chi connectivity index (χ0) is 25.4. The van der Waals surface area contributed by atoms with E-state index in [4.69, 9.17) is 27.5 Å². The Morgan fingerprint density at radius 1 is 1.08 bits per heavy atom. The largest absolute Gasteiger partial charge is 0.496 e. The van der Waals surface area contributed by atoms with Gasteiger partial charge in [-0.05, 0) is 54.8 Å². The van der Waals surface area contributed by atoms with Crippen LogP contribution in [0.5, 0.6) is 11.5 Å². The van der Waals surface area contributed by atoms with Crippen LogP contribution in [-0.2, 0) is 5.41 Å². The molecule has 0 spiro atoms. The smallest absolute Gasteiger partial charge is 0.306 e. The molecule has 36 heavy (non-hydrogen) atoms. The van der Waals surface area contributed by atoms with Gasteiger partial charge in [0.1, 0.15) is 11.5 Å². The van der Waals surface area contributed by atoms with Gasteiger partial charge < -0.3 is 19.7 Å². The van der Waals surface area contributed by atoms with E-state index in [0.717, 1.165) is 18.4 Å². The van der Waals surface area contributed by atoms with Crippen molar-refractivity contribution in [3.63, 3.8) is 0 Å². The number of amidine groups is 1. The zero-order valence-electron chi connectivity index (χ0n) is 20.1. The summed E-state index contributed by atoms with van der Waals surface area (Å²) < 4.78 is 11.4. The van der Waals surface area contributed by atoms with Crippen LogP contribution < -0.4 is 14.8 Å². The number of methoxy groups -OCH3 is 1. The Kier molecular flexibility index (Phi) is 8.14. The number of rotatable bonds is 6. The maximum absolute atomic E-state index is 13.1. The molecule has 1 amide bonds. The number of likely N-dealkylation sites (tertiary alicyclic amines) is 1. The Bertz CT molecular complexity index is 1260. The standard InChI is InChI=1S/C29H28ClN3O3/c1-3-31-28(36-24-12-5-4-6-13-24)33-18-16-29(17-19-33,22-10-9-11-23(30)20-22)21-32-27(34)25-14-7-8-15-26(25)35-2/h1,4-15,20H,16-19,21H2,2H3,(H,32,34). The molecule has 4 rings (SSSR count). The van der Waals surface area contributed by atoms with Crippen molar-refractivity contribution in [2.24, 2.45) is 4.99 Å². The molecule has 1 saturated heterocycles. The van der Waals surface area contributed by atoms with Gasteiger partial charge in [-0.2, -0.15) is 0 Å². The van der Waals surface area contributed by atoms with Gasteiger partial charge in [0.15, 0.2) is 0 Å². The van der Waals surface area contributed by atoms with Gasteiger partial charge in [0.25, 0.3) is 5.91 Å². The SMILES string of the molecule is C#CN=C(Oc1ccccc1)N1CCC(CNC(=O)c2ccccc2OC)(c2cccc(Cl)c2)CC1. The third kappa shape index (κ3) is 5.81. The molecule has 1 aliphatic heterocycles. The minimum Gasteiger partial charge on any atom is -0.496 e. The molecule has 1 fully saturated rings. The first-order valence-corrected chi connectivity index (χ1v) is 12.1. The van der Waals surface area contributed by atoms with Crippen molar-refractivity contribution in [3.05, 3.63) is 95.0 Å². The molecule has 3 aromatic carbocycles. The second-order valence-corrected chi connectivity index (χ2v) is 9.04. The van der Waals surface area contributed by atoms with Crippen LogP contribution >= 0.6 is 11.6 Å². The van der Waals surface area contributed by atoms with Gasteiger partial charge in [-0.1, -0.05) is 60.5 Å². The molecule has 1 aliphatic rings. The van der Waals surface area contributed by atoms with Gasteiger partial charge in [0.05, 0.1) is 12.7 Å². The fourth-order valence-electron chi connectivity index (χ4n) is 4.50. The number of amides is 1. The quantitative estimate of drug-likeness (QED) is 0.289. The lowest BCUT2D eigenvalue weighted by atomic mass is 9.72. The van der Waals surface area contributed by atoms with Crippen LogP contribution in [0.4, 0.5) is 0 Å². The van der Waals surface area contributed by atoms with Crippen molar-refractivity contribution in [1.82, 2.24) is 10.2 Å². The van der Waals surface area contributed by atoms with Gasteiger partial charge in [-0.25, -0.2) is 0 Å². The molecular formula is C29H28ClN3O3. The van der Waals surface area contributed by atoms with Crippen LogP contribution in [0.1, 0.15) is 28.8 Å². The molecule has 0 saturated carbocycles. The molecule has 0 unspecified atom stereocenters. The Morgan fingerprint density at radius 2 is 1.81 bits per heavy atom. The normalized spacial score (nSPS) is 15.0. The summed E-state index contributed by atoms with van der Waals surface area (Å²) in [7, 11) is 1.56. The minimum absolute atomic E-state index is 0.182. The van der Waals surface area contributed by atoms with Gasteiger partial charge in [-0.3, -0.25) is 4.79 Å². The summed E-state index contributed by atoms with van der Waals surface area (Å²) in [6.45, 7) is 1.73. The maximum Gasteiger partial charge on any atom is 0.306 e. The van der Waals surface area contributed by atoms with E-state index in [2.05, 4.69) is 22.4 Å². The Labute approximate surface area is 216 Å². The lowest BCUT2D eigenvalue weighted by Crippen LogP contribution is -2.51. The number of halogens is 1. The van der Waals surface area contributed by atoms with Crippen LogP contribution in [0.25, 0.3) is 0 Å². The van der Waals surface area contributed by atoms with Crippen LogP contribution in [0.15, 0.2) is 83.9 Å². The second kappa shape index (κ2) is 11.7. The Hall–Kier alpha value is -3.95. The average molecular weight is 502 g/mol. The lowest BCUT2D eigenvalue weighted by molar-refractivity contribution is 0.0927. The van der Waals surface area contributed by atoms with Gasteiger partial charge >= 0.3 is 6.02 Å². The average Bonchev–Trinajstić information content (AvgIpc) is 2.92. The summed E-state index contributed by atoms with van der Waals surface area (Å²) >= 11 is 6.36. The van der Waals surface area contributed by atoms with Crippen molar-refractivity contribution in [2.75, 3.05) is 26.7 Å². The van der Waals surface area contributed by atoms with Crippen LogP contribution in [0, 0.1) is 12.5 Å². The Balaban J connectivity index is 1.54. The number of carbonyl (C=O) groups is 1. The molecule has 184 valence electrons. The van der Waals surface area contributed by atoms with Crippen molar-refractivity contribution in [1.29, 1.82) is 0 Å². The summed E-state index contributed by atoms with van der Waals surface area (Å²) in [6, 6.07) is 27.2. The number of terminal acetylenes is 1. The van der Waals surface area contributed by atoms with E-state index >= 15 is 0 Å². The van der Waals surface area contributed by atoms with Gasteiger partial charge in [-0.15, -0.1) is 4.99 Å². The number of benzene rings is 3. The lowest BCUT2D eigenvalue weighted by Gasteiger charge is -2.42. The van der Waals surface area contributed by atoms with E-state index in [1.54, 1.807) is 19.2 Å². The van der Waals surface area contributed by atoms with E-state index in [-0.39, 0.29) is 11.3 Å². The third-order valence-corrected chi connectivity index (χ3v) is 6.71. The van der Waals surface area contributed by atoms with Gasteiger partial charge in [0, 0.05) is 36.1 Å². The molecule has 3 aromatic rings. The highest BCUT2D eigenvalue weighted by Gasteiger charge is 2.38.